The van der Waals surface area contributed by atoms with Gasteiger partial charge in [-0.1, -0.05) is 158 Å². The van der Waals surface area contributed by atoms with Crippen molar-refractivity contribution in [2.45, 2.75) is 0 Å². The molecule has 0 saturated carbocycles. The summed E-state index contributed by atoms with van der Waals surface area (Å²) < 4.78 is 12.9. The van der Waals surface area contributed by atoms with E-state index in [0.717, 1.165) is 94.1 Å². The molecule has 0 aliphatic heterocycles. The molecule has 3 heteroatoms. The van der Waals surface area contributed by atoms with E-state index in [-0.39, 0.29) is 0 Å². The van der Waals surface area contributed by atoms with Gasteiger partial charge in [0.1, 0.15) is 22.3 Å². The zero-order valence-electron chi connectivity index (χ0n) is 33.1. The molecule has 0 unspecified atom stereocenters. The first-order valence-corrected chi connectivity index (χ1v) is 20.7. The van der Waals surface area contributed by atoms with Crippen molar-refractivity contribution < 1.29 is 8.83 Å². The first kappa shape index (κ1) is 34.9. The maximum atomic E-state index is 6.60. The van der Waals surface area contributed by atoms with Gasteiger partial charge >= 0.3 is 0 Å². The van der Waals surface area contributed by atoms with Gasteiger partial charge in [0.15, 0.2) is 0 Å². The Morgan fingerprint density at radius 1 is 0.279 bits per heavy atom. The highest BCUT2D eigenvalue weighted by Gasteiger charge is 2.19. The number of hydrogen-bond acceptors (Lipinski definition) is 3. The molecule has 0 spiro atoms. The molecule has 0 bridgehead atoms. The second kappa shape index (κ2) is 14.3. The standard InChI is InChI=1S/C58H37NO2/c1-2-12-38(13-3-1)42-15-8-16-43(36-42)39-26-31-45(32-27-39)59(46-33-28-41(29-34-46)48-21-10-24-54-56(48)51-20-6-7-23-53(51)60-54)47-18-9-17-44(37-47)49-22-11-25-55-57(49)52-35-30-40-14-4-5-19-50(40)58(52)61-55/h1-37H. The molecule has 0 fully saturated rings. The molecule has 0 aliphatic rings. The first-order valence-electron chi connectivity index (χ1n) is 20.7. The minimum absolute atomic E-state index is 0.883. The number of nitrogens with zero attached hydrogens (tertiary/aromatic N) is 1. The third-order valence-corrected chi connectivity index (χ3v) is 12.1. The fourth-order valence-corrected chi connectivity index (χ4v) is 9.17. The van der Waals surface area contributed by atoms with Gasteiger partial charge in [-0.2, -0.15) is 0 Å². The van der Waals surface area contributed by atoms with E-state index in [4.69, 9.17) is 8.83 Å². The van der Waals surface area contributed by atoms with Crippen molar-refractivity contribution in [3.8, 4) is 44.5 Å². The minimum atomic E-state index is 0.883. The molecule has 12 rings (SSSR count). The van der Waals surface area contributed by atoms with Gasteiger partial charge < -0.3 is 13.7 Å². The molecule has 2 aromatic heterocycles. The van der Waals surface area contributed by atoms with Crippen LogP contribution in [0, 0.1) is 0 Å². The fraction of sp³-hybridized carbons (Fsp3) is 0. The lowest BCUT2D eigenvalue weighted by Crippen LogP contribution is -2.10. The molecular weight excluding hydrogens is 743 g/mol. The van der Waals surface area contributed by atoms with E-state index in [2.05, 4.69) is 217 Å². The van der Waals surface area contributed by atoms with Crippen LogP contribution >= 0.6 is 0 Å². The predicted molar refractivity (Wildman–Crippen MR) is 255 cm³/mol. The predicted octanol–water partition coefficient (Wildman–Crippen LogP) is 16.8. The van der Waals surface area contributed by atoms with E-state index in [1.807, 2.05) is 12.1 Å². The van der Waals surface area contributed by atoms with E-state index in [9.17, 15) is 0 Å². The topological polar surface area (TPSA) is 29.5 Å². The minimum Gasteiger partial charge on any atom is -0.456 e. The van der Waals surface area contributed by atoms with Crippen molar-refractivity contribution in [1.29, 1.82) is 0 Å². The number of furan rings is 2. The maximum Gasteiger partial charge on any atom is 0.143 e. The van der Waals surface area contributed by atoms with Gasteiger partial charge in [-0.05, 0) is 117 Å². The van der Waals surface area contributed by atoms with E-state index in [1.54, 1.807) is 0 Å². The Morgan fingerprint density at radius 2 is 0.820 bits per heavy atom. The van der Waals surface area contributed by atoms with Gasteiger partial charge in [-0.3, -0.25) is 0 Å². The first-order chi connectivity index (χ1) is 30.2. The number of para-hydroxylation sites is 1. The number of rotatable bonds is 7. The van der Waals surface area contributed by atoms with Crippen LogP contribution in [0.25, 0.3) is 99.2 Å². The summed E-state index contributed by atoms with van der Waals surface area (Å²) in [5.74, 6) is 0. The SMILES string of the molecule is c1ccc(-c2cccc(-c3ccc(N(c4ccc(-c5cccc6oc7ccccc7c56)cc4)c4cccc(-c5cccc6oc7c8ccccc8ccc7c56)c4)cc3)c2)cc1. The third kappa shape index (κ3) is 5.98. The summed E-state index contributed by atoms with van der Waals surface area (Å²) in [5, 5.41) is 6.80. The Hall–Kier alpha value is -8.14. The van der Waals surface area contributed by atoms with Gasteiger partial charge in [-0.25, -0.2) is 0 Å². The average Bonchev–Trinajstić information content (AvgIpc) is 3.92. The zero-order valence-corrected chi connectivity index (χ0v) is 33.1. The number of anilines is 3. The molecule has 0 saturated heterocycles. The van der Waals surface area contributed by atoms with Crippen molar-refractivity contribution in [3.63, 3.8) is 0 Å². The summed E-state index contributed by atoms with van der Waals surface area (Å²) >= 11 is 0. The molecule has 0 atom stereocenters. The van der Waals surface area contributed by atoms with Crippen LogP contribution in [-0.2, 0) is 0 Å². The van der Waals surface area contributed by atoms with Crippen LogP contribution in [-0.4, -0.2) is 0 Å². The fourth-order valence-electron chi connectivity index (χ4n) is 9.17. The molecular formula is C58H37NO2. The largest absolute Gasteiger partial charge is 0.456 e. The zero-order chi connectivity index (χ0) is 40.3. The van der Waals surface area contributed by atoms with Crippen LogP contribution in [0.1, 0.15) is 0 Å². The van der Waals surface area contributed by atoms with Crippen molar-refractivity contribution in [3.05, 3.63) is 224 Å². The number of hydrogen-bond donors (Lipinski definition) is 0. The quantitative estimate of drug-likeness (QED) is 0.161. The summed E-state index contributed by atoms with van der Waals surface area (Å²) in [6.45, 7) is 0. The van der Waals surface area contributed by atoms with E-state index >= 15 is 0 Å². The van der Waals surface area contributed by atoms with Crippen molar-refractivity contribution in [1.82, 2.24) is 0 Å². The normalized spacial score (nSPS) is 11.6. The molecule has 0 aliphatic carbocycles. The second-order valence-corrected chi connectivity index (χ2v) is 15.6. The van der Waals surface area contributed by atoms with Gasteiger partial charge in [0.2, 0.25) is 0 Å². The summed E-state index contributed by atoms with van der Waals surface area (Å²) in [4.78, 5) is 2.35. The highest BCUT2D eigenvalue weighted by molar-refractivity contribution is 6.19. The van der Waals surface area contributed by atoms with Gasteiger partial charge in [0.25, 0.3) is 0 Å². The lowest BCUT2D eigenvalue weighted by Gasteiger charge is -2.26. The van der Waals surface area contributed by atoms with Crippen LogP contribution in [0.2, 0.25) is 0 Å². The Kier molecular flexibility index (Phi) is 8.17. The number of benzene rings is 10. The highest BCUT2D eigenvalue weighted by Crippen LogP contribution is 2.43. The van der Waals surface area contributed by atoms with Crippen molar-refractivity contribution >= 4 is 71.7 Å². The Labute approximate surface area is 353 Å². The van der Waals surface area contributed by atoms with E-state index in [0.29, 0.717) is 0 Å². The summed E-state index contributed by atoms with van der Waals surface area (Å²) in [6, 6.07) is 79.9. The van der Waals surface area contributed by atoms with Gasteiger partial charge in [0.05, 0.1) is 0 Å². The third-order valence-electron chi connectivity index (χ3n) is 12.1. The average molecular weight is 780 g/mol. The highest BCUT2D eigenvalue weighted by atomic mass is 16.3. The number of fused-ring (bicyclic) bond motifs is 8. The van der Waals surface area contributed by atoms with Crippen LogP contribution in [0.3, 0.4) is 0 Å². The van der Waals surface area contributed by atoms with Crippen molar-refractivity contribution in [2.75, 3.05) is 4.90 Å². The second-order valence-electron chi connectivity index (χ2n) is 15.6. The Morgan fingerprint density at radius 3 is 1.59 bits per heavy atom. The van der Waals surface area contributed by atoms with E-state index < -0.39 is 0 Å². The maximum absolute atomic E-state index is 6.60. The smallest absolute Gasteiger partial charge is 0.143 e. The summed E-state index contributed by atoms with van der Waals surface area (Å²) in [6.07, 6.45) is 0. The van der Waals surface area contributed by atoms with Crippen LogP contribution in [0.15, 0.2) is 233 Å². The lowest BCUT2D eigenvalue weighted by atomic mass is 9.97. The summed E-state index contributed by atoms with van der Waals surface area (Å²) in [5.41, 5.74) is 16.1. The molecule has 0 amide bonds. The van der Waals surface area contributed by atoms with Crippen molar-refractivity contribution in [2.24, 2.45) is 0 Å². The van der Waals surface area contributed by atoms with Crippen LogP contribution in [0.4, 0.5) is 17.1 Å². The Balaban J connectivity index is 0.982. The molecule has 286 valence electrons. The van der Waals surface area contributed by atoms with E-state index in [1.165, 1.54) is 22.1 Å². The summed E-state index contributed by atoms with van der Waals surface area (Å²) in [7, 11) is 0. The van der Waals surface area contributed by atoms with Crippen LogP contribution in [0.5, 0.6) is 0 Å². The Bertz CT molecular complexity index is 3580. The monoisotopic (exact) mass is 779 g/mol. The van der Waals surface area contributed by atoms with Gasteiger partial charge in [-0.15, -0.1) is 0 Å². The van der Waals surface area contributed by atoms with Crippen LogP contribution < -0.4 is 4.90 Å². The molecule has 3 nitrogen and oxygen atoms in total. The molecule has 10 aromatic carbocycles. The molecule has 2 heterocycles. The van der Waals surface area contributed by atoms with Gasteiger partial charge in [0, 0.05) is 44.0 Å². The molecule has 12 aromatic rings. The molecule has 0 N–H and O–H groups in total. The molecule has 61 heavy (non-hydrogen) atoms. The molecule has 0 radical (unpaired) electrons. The lowest BCUT2D eigenvalue weighted by molar-refractivity contribution is 0.669.